The van der Waals surface area contributed by atoms with E-state index in [1.165, 1.54) is 11.0 Å². The Bertz CT molecular complexity index is 646. The van der Waals surface area contributed by atoms with Crippen LogP contribution in [0.3, 0.4) is 0 Å². The smallest absolute Gasteiger partial charge is 0.259 e. The first-order valence-corrected chi connectivity index (χ1v) is 7.14. The largest absolute Gasteiger partial charge is 0.309 e. The van der Waals surface area contributed by atoms with Crippen LogP contribution in [0.25, 0.3) is 0 Å². The standard InChI is InChI=1S/C15H12F2INO/c1-2-19(10-7-8-12(16)13(17)9-10)15(20)11-5-3-4-6-14(11)18/h3-9H,2H2,1H3. The number of anilines is 1. The summed E-state index contributed by atoms with van der Waals surface area (Å²) in [5.41, 5.74) is 0.885. The Labute approximate surface area is 129 Å². The summed E-state index contributed by atoms with van der Waals surface area (Å²) < 4.78 is 27.1. The lowest BCUT2D eigenvalue weighted by atomic mass is 10.2. The van der Waals surface area contributed by atoms with E-state index in [1.807, 2.05) is 12.1 Å². The highest BCUT2D eigenvalue weighted by Gasteiger charge is 2.19. The maximum absolute atomic E-state index is 13.3. The average Bonchev–Trinajstić information content (AvgIpc) is 2.44. The molecule has 0 bridgehead atoms. The third-order valence-electron chi connectivity index (χ3n) is 2.88. The first-order valence-electron chi connectivity index (χ1n) is 6.06. The summed E-state index contributed by atoms with van der Waals surface area (Å²) >= 11 is 2.08. The van der Waals surface area contributed by atoms with Gasteiger partial charge in [0.15, 0.2) is 11.6 Å². The number of amides is 1. The predicted octanol–water partition coefficient (Wildman–Crippen LogP) is 4.24. The molecule has 0 radical (unpaired) electrons. The molecule has 0 atom stereocenters. The van der Waals surface area contributed by atoms with Gasteiger partial charge in [-0.25, -0.2) is 8.78 Å². The molecule has 0 spiro atoms. The Morgan fingerprint density at radius 3 is 2.45 bits per heavy atom. The fourth-order valence-corrected chi connectivity index (χ4v) is 2.49. The second-order valence-electron chi connectivity index (χ2n) is 4.13. The molecule has 2 aromatic carbocycles. The lowest BCUT2D eigenvalue weighted by molar-refractivity contribution is 0.0987. The lowest BCUT2D eigenvalue weighted by Crippen LogP contribution is -2.31. The Morgan fingerprint density at radius 2 is 1.85 bits per heavy atom. The monoisotopic (exact) mass is 387 g/mol. The van der Waals surface area contributed by atoms with Crippen LogP contribution < -0.4 is 4.90 Å². The molecule has 0 aromatic heterocycles. The van der Waals surface area contributed by atoms with E-state index in [9.17, 15) is 13.6 Å². The molecule has 0 aliphatic carbocycles. The normalized spacial score (nSPS) is 10.4. The van der Waals surface area contributed by atoms with Crippen LogP contribution in [-0.4, -0.2) is 12.5 Å². The first kappa shape index (κ1) is 14.9. The summed E-state index contributed by atoms with van der Waals surface area (Å²) in [5, 5.41) is 0. The van der Waals surface area contributed by atoms with Crippen LogP contribution in [0.2, 0.25) is 0 Å². The summed E-state index contributed by atoms with van der Waals surface area (Å²) in [7, 11) is 0. The number of carbonyl (C=O) groups is 1. The van der Waals surface area contributed by atoms with Crippen molar-refractivity contribution >= 4 is 34.2 Å². The minimum absolute atomic E-state index is 0.233. The van der Waals surface area contributed by atoms with E-state index in [0.717, 1.165) is 15.7 Å². The molecular formula is C15H12F2INO. The van der Waals surface area contributed by atoms with E-state index in [1.54, 1.807) is 19.1 Å². The maximum atomic E-state index is 13.3. The van der Waals surface area contributed by atoms with Crippen molar-refractivity contribution in [1.29, 1.82) is 0 Å². The summed E-state index contributed by atoms with van der Waals surface area (Å²) in [6.45, 7) is 2.16. The summed E-state index contributed by atoms with van der Waals surface area (Å²) in [6, 6.07) is 10.6. The summed E-state index contributed by atoms with van der Waals surface area (Å²) in [4.78, 5) is 13.9. The van der Waals surface area contributed by atoms with Gasteiger partial charge in [0, 0.05) is 21.9 Å². The van der Waals surface area contributed by atoms with Crippen LogP contribution in [0.4, 0.5) is 14.5 Å². The van der Waals surface area contributed by atoms with Crippen LogP contribution in [0.5, 0.6) is 0 Å². The van der Waals surface area contributed by atoms with Crippen molar-refractivity contribution in [3.63, 3.8) is 0 Å². The zero-order valence-electron chi connectivity index (χ0n) is 10.7. The molecular weight excluding hydrogens is 375 g/mol. The van der Waals surface area contributed by atoms with Gasteiger partial charge >= 0.3 is 0 Å². The number of rotatable bonds is 3. The second kappa shape index (κ2) is 6.30. The lowest BCUT2D eigenvalue weighted by Gasteiger charge is -2.21. The van der Waals surface area contributed by atoms with Gasteiger partial charge in [0.25, 0.3) is 5.91 Å². The van der Waals surface area contributed by atoms with Crippen LogP contribution in [0, 0.1) is 15.2 Å². The predicted molar refractivity (Wildman–Crippen MR) is 82.9 cm³/mol. The molecule has 0 fully saturated rings. The van der Waals surface area contributed by atoms with Crippen LogP contribution in [-0.2, 0) is 0 Å². The molecule has 0 N–H and O–H groups in total. The van der Waals surface area contributed by atoms with Crippen molar-refractivity contribution < 1.29 is 13.6 Å². The van der Waals surface area contributed by atoms with Crippen molar-refractivity contribution in [2.75, 3.05) is 11.4 Å². The highest BCUT2D eigenvalue weighted by atomic mass is 127. The van der Waals surface area contributed by atoms with Gasteiger partial charge in [-0.15, -0.1) is 0 Å². The topological polar surface area (TPSA) is 20.3 Å². The Morgan fingerprint density at radius 1 is 1.15 bits per heavy atom. The van der Waals surface area contributed by atoms with Crippen molar-refractivity contribution in [2.45, 2.75) is 6.92 Å². The van der Waals surface area contributed by atoms with Gasteiger partial charge < -0.3 is 4.90 Å². The zero-order valence-corrected chi connectivity index (χ0v) is 12.9. The van der Waals surface area contributed by atoms with Crippen molar-refractivity contribution in [1.82, 2.24) is 0 Å². The van der Waals surface area contributed by atoms with E-state index in [2.05, 4.69) is 22.6 Å². The summed E-state index contributed by atoms with van der Waals surface area (Å²) in [6.07, 6.45) is 0. The maximum Gasteiger partial charge on any atom is 0.259 e. The van der Waals surface area contributed by atoms with Crippen molar-refractivity contribution in [3.05, 3.63) is 63.2 Å². The van der Waals surface area contributed by atoms with E-state index >= 15 is 0 Å². The molecule has 5 heteroatoms. The molecule has 2 nitrogen and oxygen atoms in total. The number of nitrogens with zero attached hydrogens (tertiary/aromatic N) is 1. The molecule has 2 rings (SSSR count). The molecule has 0 aliphatic rings. The Balaban J connectivity index is 2.39. The van der Waals surface area contributed by atoms with E-state index in [0.29, 0.717) is 17.8 Å². The van der Waals surface area contributed by atoms with Crippen LogP contribution in [0.1, 0.15) is 17.3 Å². The minimum atomic E-state index is -0.962. The highest BCUT2D eigenvalue weighted by Crippen LogP contribution is 2.22. The fourth-order valence-electron chi connectivity index (χ4n) is 1.88. The molecule has 20 heavy (non-hydrogen) atoms. The molecule has 0 saturated heterocycles. The molecule has 0 saturated carbocycles. The van der Waals surface area contributed by atoms with Gasteiger partial charge in [0.2, 0.25) is 0 Å². The van der Waals surface area contributed by atoms with Crippen LogP contribution >= 0.6 is 22.6 Å². The van der Waals surface area contributed by atoms with E-state index in [4.69, 9.17) is 0 Å². The number of carbonyl (C=O) groups excluding carboxylic acids is 1. The minimum Gasteiger partial charge on any atom is -0.309 e. The number of benzene rings is 2. The number of hydrogen-bond donors (Lipinski definition) is 0. The van der Waals surface area contributed by atoms with E-state index < -0.39 is 11.6 Å². The number of halogens is 3. The first-order chi connectivity index (χ1) is 9.54. The SMILES string of the molecule is CCN(C(=O)c1ccccc1I)c1ccc(F)c(F)c1. The molecule has 2 aromatic rings. The zero-order chi connectivity index (χ0) is 14.7. The molecule has 104 valence electrons. The number of hydrogen-bond acceptors (Lipinski definition) is 1. The third-order valence-corrected chi connectivity index (χ3v) is 3.82. The highest BCUT2D eigenvalue weighted by molar-refractivity contribution is 14.1. The third kappa shape index (κ3) is 2.98. The average molecular weight is 387 g/mol. The van der Waals surface area contributed by atoms with Gasteiger partial charge in [-0.05, 0) is 53.8 Å². The Hall–Kier alpha value is -1.50. The molecule has 0 unspecified atom stereocenters. The van der Waals surface area contributed by atoms with Gasteiger partial charge in [0.05, 0.1) is 5.56 Å². The summed E-state index contributed by atoms with van der Waals surface area (Å²) in [5.74, 6) is -2.12. The second-order valence-corrected chi connectivity index (χ2v) is 5.29. The van der Waals surface area contributed by atoms with Gasteiger partial charge in [0.1, 0.15) is 0 Å². The van der Waals surface area contributed by atoms with Crippen molar-refractivity contribution in [2.24, 2.45) is 0 Å². The van der Waals surface area contributed by atoms with E-state index in [-0.39, 0.29) is 5.91 Å². The molecule has 1 amide bonds. The van der Waals surface area contributed by atoms with Gasteiger partial charge in [-0.2, -0.15) is 0 Å². The Kier molecular flexibility index (Phi) is 4.69. The van der Waals surface area contributed by atoms with Crippen LogP contribution in [0.15, 0.2) is 42.5 Å². The van der Waals surface area contributed by atoms with Gasteiger partial charge in [-0.1, -0.05) is 12.1 Å². The quantitative estimate of drug-likeness (QED) is 0.722. The van der Waals surface area contributed by atoms with Crippen molar-refractivity contribution in [3.8, 4) is 0 Å². The fraction of sp³-hybridized carbons (Fsp3) is 0.133. The van der Waals surface area contributed by atoms with Gasteiger partial charge in [-0.3, -0.25) is 4.79 Å². The molecule has 0 aliphatic heterocycles. The molecule has 0 heterocycles.